The highest BCUT2D eigenvalue weighted by Gasteiger charge is 2.00. The second kappa shape index (κ2) is 10.8. The van der Waals surface area contributed by atoms with Crippen LogP contribution in [0.25, 0.3) is 0 Å². The molecular weight excluding hydrogens is 192 g/mol. The van der Waals surface area contributed by atoms with E-state index < -0.39 is 0 Å². The summed E-state index contributed by atoms with van der Waals surface area (Å²) in [6, 6.07) is 0. The van der Waals surface area contributed by atoms with Crippen LogP contribution in [0.3, 0.4) is 0 Å². The average molecular weight is 214 g/mol. The van der Waals surface area contributed by atoms with E-state index in [0.717, 1.165) is 43.6 Å². The Bertz CT molecular complexity index is 154. The fraction of sp³-hybridized carbons (Fsp3) is 0.750. The number of rotatable bonds is 10. The lowest BCUT2D eigenvalue weighted by Gasteiger charge is -2.00. The number of hydrogen-bond acceptors (Lipinski definition) is 2. The summed E-state index contributed by atoms with van der Waals surface area (Å²) >= 11 is 1.76. The maximum absolute atomic E-state index is 11.3. The van der Waals surface area contributed by atoms with E-state index in [1.807, 2.05) is 6.08 Å². The third-order valence-corrected chi connectivity index (χ3v) is 3.20. The van der Waals surface area contributed by atoms with E-state index in [-0.39, 0.29) is 0 Å². The Balaban J connectivity index is 3.14. The van der Waals surface area contributed by atoms with E-state index in [1.165, 1.54) is 6.42 Å². The summed E-state index contributed by atoms with van der Waals surface area (Å²) in [6.45, 7) is 5.82. The van der Waals surface area contributed by atoms with Crippen LogP contribution in [0.4, 0.5) is 0 Å². The molecular formula is C12H22OS. The smallest absolute Gasteiger partial charge is 0.142 e. The molecule has 0 rings (SSSR count). The molecule has 0 saturated carbocycles. The number of allylic oxidation sites excluding steroid dienone is 1. The summed E-state index contributed by atoms with van der Waals surface area (Å²) in [5, 5.41) is 0. The predicted octanol–water partition coefficient (Wildman–Crippen LogP) is 3.84. The van der Waals surface area contributed by atoms with Gasteiger partial charge in [0.25, 0.3) is 0 Å². The van der Waals surface area contributed by atoms with Gasteiger partial charge < -0.3 is 0 Å². The number of carbonyl (C=O) groups excluding carboxylic acids is 1. The molecule has 0 aliphatic carbocycles. The highest BCUT2D eigenvalue weighted by atomic mass is 32.2. The zero-order chi connectivity index (χ0) is 10.6. The van der Waals surface area contributed by atoms with E-state index in [4.69, 9.17) is 0 Å². The van der Waals surface area contributed by atoms with Crippen LogP contribution in [-0.4, -0.2) is 17.3 Å². The molecule has 0 amide bonds. The van der Waals surface area contributed by atoms with Crippen LogP contribution in [-0.2, 0) is 4.79 Å². The van der Waals surface area contributed by atoms with Crippen molar-refractivity contribution in [2.45, 2.75) is 45.4 Å². The molecule has 0 aliphatic heterocycles. The molecule has 0 N–H and O–H groups in total. The molecule has 82 valence electrons. The van der Waals surface area contributed by atoms with Gasteiger partial charge >= 0.3 is 0 Å². The zero-order valence-corrected chi connectivity index (χ0v) is 10.1. The predicted molar refractivity (Wildman–Crippen MR) is 65.9 cm³/mol. The average Bonchev–Trinajstić information content (AvgIpc) is 2.18. The lowest BCUT2D eigenvalue weighted by molar-refractivity contribution is -0.116. The summed E-state index contributed by atoms with van der Waals surface area (Å²) in [6.07, 6.45) is 8.36. The van der Waals surface area contributed by atoms with Gasteiger partial charge in [0.05, 0.1) is 5.75 Å². The topological polar surface area (TPSA) is 17.1 Å². The molecule has 0 spiro atoms. The number of Topliss-reactive ketones (excluding diaryl/α,β-unsaturated/α-hetero) is 1. The Labute approximate surface area is 92.3 Å². The summed E-state index contributed by atoms with van der Waals surface area (Å²) in [5.74, 6) is 2.25. The van der Waals surface area contributed by atoms with Crippen molar-refractivity contribution in [3.63, 3.8) is 0 Å². The first kappa shape index (κ1) is 13.8. The Morgan fingerprint density at radius 1 is 1.36 bits per heavy atom. The van der Waals surface area contributed by atoms with Gasteiger partial charge in [-0.05, 0) is 31.4 Å². The minimum Gasteiger partial charge on any atom is -0.299 e. The Morgan fingerprint density at radius 3 is 2.79 bits per heavy atom. The monoisotopic (exact) mass is 214 g/mol. The van der Waals surface area contributed by atoms with Crippen molar-refractivity contribution in [1.82, 2.24) is 0 Å². The molecule has 1 nitrogen and oxygen atoms in total. The number of ketones is 1. The molecule has 0 aromatic carbocycles. The first-order chi connectivity index (χ1) is 6.81. The zero-order valence-electron chi connectivity index (χ0n) is 9.26. The van der Waals surface area contributed by atoms with Gasteiger partial charge in [-0.25, -0.2) is 0 Å². The van der Waals surface area contributed by atoms with Gasteiger partial charge in [-0.15, -0.1) is 6.58 Å². The fourth-order valence-corrected chi connectivity index (χ4v) is 2.00. The van der Waals surface area contributed by atoms with Crippen LogP contribution in [0.5, 0.6) is 0 Å². The second-order valence-corrected chi connectivity index (χ2v) is 4.58. The van der Waals surface area contributed by atoms with E-state index in [1.54, 1.807) is 11.8 Å². The Hall–Kier alpha value is -0.240. The molecule has 0 saturated heterocycles. The van der Waals surface area contributed by atoms with Crippen molar-refractivity contribution in [3.05, 3.63) is 12.7 Å². The molecule has 0 heterocycles. The van der Waals surface area contributed by atoms with Crippen molar-refractivity contribution in [2.75, 3.05) is 11.5 Å². The minimum absolute atomic E-state index is 0.419. The van der Waals surface area contributed by atoms with Crippen LogP contribution in [0.15, 0.2) is 12.7 Å². The molecule has 0 fully saturated rings. The first-order valence-corrected chi connectivity index (χ1v) is 6.67. The molecule has 14 heavy (non-hydrogen) atoms. The number of unbranched alkanes of at least 4 members (excludes halogenated alkanes) is 3. The summed E-state index contributed by atoms with van der Waals surface area (Å²) in [5.41, 5.74) is 0. The molecule has 0 unspecified atom stereocenters. The molecule has 0 bridgehead atoms. The second-order valence-electron chi connectivity index (χ2n) is 3.48. The minimum atomic E-state index is 0.419. The van der Waals surface area contributed by atoms with Crippen LogP contribution in [0.1, 0.15) is 45.4 Å². The van der Waals surface area contributed by atoms with Crippen molar-refractivity contribution >= 4 is 17.5 Å². The lowest BCUT2D eigenvalue weighted by Crippen LogP contribution is -2.01. The van der Waals surface area contributed by atoms with Crippen molar-refractivity contribution in [3.8, 4) is 0 Å². The van der Waals surface area contributed by atoms with E-state index in [9.17, 15) is 4.79 Å². The van der Waals surface area contributed by atoms with Gasteiger partial charge in [0, 0.05) is 6.42 Å². The maximum Gasteiger partial charge on any atom is 0.142 e. The van der Waals surface area contributed by atoms with Crippen molar-refractivity contribution < 1.29 is 4.79 Å². The quantitative estimate of drug-likeness (QED) is 0.406. The van der Waals surface area contributed by atoms with E-state index >= 15 is 0 Å². The molecule has 0 atom stereocenters. The normalized spacial score (nSPS) is 10.1. The van der Waals surface area contributed by atoms with Crippen LogP contribution >= 0.6 is 11.8 Å². The van der Waals surface area contributed by atoms with Crippen molar-refractivity contribution in [2.24, 2.45) is 0 Å². The van der Waals surface area contributed by atoms with Gasteiger partial charge in [-0.2, -0.15) is 11.8 Å². The lowest BCUT2D eigenvalue weighted by atomic mass is 10.1. The van der Waals surface area contributed by atoms with Crippen molar-refractivity contribution in [1.29, 1.82) is 0 Å². The van der Waals surface area contributed by atoms with Crippen LogP contribution in [0, 0.1) is 0 Å². The summed E-state index contributed by atoms with van der Waals surface area (Å²) in [4.78, 5) is 11.3. The van der Waals surface area contributed by atoms with Gasteiger partial charge in [-0.1, -0.05) is 19.4 Å². The number of hydrogen-bond donors (Lipinski definition) is 0. The van der Waals surface area contributed by atoms with Gasteiger partial charge in [-0.3, -0.25) is 4.79 Å². The van der Waals surface area contributed by atoms with Gasteiger partial charge in [0.1, 0.15) is 5.78 Å². The number of thioether (sulfide) groups is 1. The van der Waals surface area contributed by atoms with E-state index in [2.05, 4.69) is 13.5 Å². The summed E-state index contributed by atoms with van der Waals surface area (Å²) in [7, 11) is 0. The highest BCUT2D eigenvalue weighted by molar-refractivity contribution is 7.99. The van der Waals surface area contributed by atoms with Gasteiger partial charge in [0.2, 0.25) is 0 Å². The van der Waals surface area contributed by atoms with Crippen LogP contribution in [0.2, 0.25) is 0 Å². The van der Waals surface area contributed by atoms with Crippen LogP contribution < -0.4 is 0 Å². The first-order valence-electron chi connectivity index (χ1n) is 5.51. The number of carbonyl (C=O) groups is 1. The SMILES string of the molecule is C=CCCCCCC(=O)CSCCC. The Morgan fingerprint density at radius 2 is 2.14 bits per heavy atom. The molecule has 0 aromatic rings. The molecule has 0 radical (unpaired) electrons. The highest BCUT2D eigenvalue weighted by Crippen LogP contribution is 2.08. The molecule has 2 heteroatoms. The fourth-order valence-electron chi connectivity index (χ4n) is 1.19. The van der Waals surface area contributed by atoms with E-state index in [0.29, 0.717) is 5.78 Å². The molecule has 0 aromatic heterocycles. The third kappa shape index (κ3) is 9.85. The maximum atomic E-state index is 11.3. The molecule has 0 aliphatic rings. The largest absolute Gasteiger partial charge is 0.299 e. The third-order valence-electron chi connectivity index (χ3n) is 1.98. The van der Waals surface area contributed by atoms with Gasteiger partial charge in [0.15, 0.2) is 0 Å². The Kier molecular flexibility index (Phi) is 10.7. The summed E-state index contributed by atoms with van der Waals surface area (Å²) < 4.78 is 0. The standard InChI is InChI=1S/C12H22OS/c1-3-5-6-7-8-9-12(13)11-14-10-4-2/h3H,1,4-11H2,2H3.